The van der Waals surface area contributed by atoms with Gasteiger partial charge in [-0.05, 0) is 37.6 Å². The summed E-state index contributed by atoms with van der Waals surface area (Å²) in [5, 5.41) is 9.19. The smallest absolute Gasteiger partial charge is 0.262 e. The second kappa shape index (κ2) is 7.78. The average Bonchev–Trinajstić information content (AvgIpc) is 3.22. The highest BCUT2D eigenvalue weighted by Gasteiger charge is 2.58. The van der Waals surface area contributed by atoms with Crippen molar-refractivity contribution in [3.63, 3.8) is 0 Å². The monoisotopic (exact) mass is 472 g/mol. The van der Waals surface area contributed by atoms with E-state index < -0.39 is 5.54 Å². The van der Waals surface area contributed by atoms with Gasteiger partial charge in [-0.25, -0.2) is 0 Å². The van der Waals surface area contributed by atoms with Crippen LogP contribution in [-0.2, 0) is 16.0 Å². The lowest BCUT2D eigenvalue weighted by Gasteiger charge is -2.27. The minimum atomic E-state index is -1.06. The first-order valence-electron chi connectivity index (χ1n) is 10.7. The fourth-order valence-electron chi connectivity index (χ4n) is 4.76. The SMILES string of the molecule is CC(C)(NC(=O)c1ccc(Cl)s1)C(=O)NC1C2CN(C(=O)C3Cc4ccccc4N3)CC21. The van der Waals surface area contributed by atoms with Gasteiger partial charge in [0.25, 0.3) is 5.91 Å². The summed E-state index contributed by atoms with van der Waals surface area (Å²) < 4.78 is 0.527. The number of hydrogen-bond acceptors (Lipinski definition) is 5. The van der Waals surface area contributed by atoms with Crippen molar-refractivity contribution in [1.82, 2.24) is 15.5 Å². The van der Waals surface area contributed by atoms with Crippen LogP contribution in [0, 0.1) is 11.8 Å². The first-order chi connectivity index (χ1) is 15.2. The van der Waals surface area contributed by atoms with Crippen LogP contribution in [0.25, 0.3) is 0 Å². The van der Waals surface area contributed by atoms with Gasteiger partial charge >= 0.3 is 0 Å². The van der Waals surface area contributed by atoms with E-state index >= 15 is 0 Å². The number of para-hydroxylation sites is 1. The number of rotatable bonds is 5. The number of fused-ring (bicyclic) bond motifs is 2. The first-order valence-corrected chi connectivity index (χ1v) is 11.9. The number of benzene rings is 1. The van der Waals surface area contributed by atoms with Crippen molar-refractivity contribution in [2.45, 2.75) is 37.9 Å². The Morgan fingerprint density at radius 3 is 2.50 bits per heavy atom. The molecule has 0 spiro atoms. The molecule has 32 heavy (non-hydrogen) atoms. The molecule has 0 radical (unpaired) electrons. The summed E-state index contributed by atoms with van der Waals surface area (Å²) in [6, 6.07) is 11.2. The summed E-state index contributed by atoms with van der Waals surface area (Å²) in [4.78, 5) is 40.6. The number of carbonyl (C=O) groups is 3. The first kappa shape index (κ1) is 21.3. The minimum absolute atomic E-state index is 0.0487. The van der Waals surface area contributed by atoms with Crippen LogP contribution in [-0.4, -0.2) is 53.3 Å². The zero-order valence-electron chi connectivity index (χ0n) is 17.9. The topological polar surface area (TPSA) is 90.5 Å². The molecule has 3 aliphatic rings. The van der Waals surface area contributed by atoms with Gasteiger partial charge in [-0.1, -0.05) is 29.8 Å². The van der Waals surface area contributed by atoms with E-state index in [-0.39, 0.29) is 41.6 Å². The van der Waals surface area contributed by atoms with E-state index in [1.807, 2.05) is 23.1 Å². The molecule has 5 rings (SSSR count). The van der Waals surface area contributed by atoms with Crippen LogP contribution in [0.1, 0.15) is 29.1 Å². The van der Waals surface area contributed by atoms with Crippen LogP contribution >= 0.6 is 22.9 Å². The number of likely N-dealkylation sites (tertiary alicyclic amines) is 1. The number of anilines is 1. The van der Waals surface area contributed by atoms with E-state index in [1.165, 1.54) is 16.9 Å². The van der Waals surface area contributed by atoms with Crippen molar-refractivity contribution in [3.05, 3.63) is 51.2 Å². The molecule has 2 aromatic rings. The van der Waals surface area contributed by atoms with Crippen LogP contribution in [0.2, 0.25) is 4.34 Å². The summed E-state index contributed by atoms with van der Waals surface area (Å²) in [6.07, 6.45) is 0.713. The van der Waals surface area contributed by atoms with Crippen LogP contribution in [0.3, 0.4) is 0 Å². The van der Waals surface area contributed by atoms with Crippen molar-refractivity contribution in [3.8, 4) is 0 Å². The molecule has 1 aromatic heterocycles. The lowest BCUT2D eigenvalue weighted by molar-refractivity contribution is -0.131. The van der Waals surface area contributed by atoms with Crippen LogP contribution in [0.15, 0.2) is 36.4 Å². The molecule has 168 valence electrons. The average molecular weight is 473 g/mol. The summed E-state index contributed by atoms with van der Waals surface area (Å²) in [5.41, 5.74) is 1.16. The maximum atomic E-state index is 12.9. The molecule has 3 amide bonds. The number of hydrogen-bond donors (Lipinski definition) is 3. The van der Waals surface area contributed by atoms with Crippen molar-refractivity contribution in [1.29, 1.82) is 0 Å². The fraction of sp³-hybridized carbons (Fsp3) is 0.435. The molecule has 3 atom stereocenters. The van der Waals surface area contributed by atoms with Gasteiger partial charge in [-0.2, -0.15) is 0 Å². The molecule has 9 heteroatoms. The second-order valence-corrected chi connectivity index (χ2v) is 11.0. The molecule has 7 nitrogen and oxygen atoms in total. The largest absolute Gasteiger partial charge is 0.373 e. The highest BCUT2D eigenvalue weighted by atomic mass is 35.5. The van der Waals surface area contributed by atoms with Gasteiger partial charge in [0.1, 0.15) is 11.6 Å². The number of nitrogens with zero attached hydrogens (tertiary/aromatic N) is 1. The molecule has 1 saturated carbocycles. The summed E-state index contributed by atoms with van der Waals surface area (Å²) in [7, 11) is 0. The number of nitrogens with one attached hydrogen (secondary N) is 3. The highest BCUT2D eigenvalue weighted by molar-refractivity contribution is 7.18. The number of halogens is 1. The van der Waals surface area contributed by atoms with Gasteiger partial charge in [-0.3, -0.25) is 14.4 Å². The molecule has 1 aliphatic carbocycles. The zero-order valence-corrected chi connectivity index (χ0v) is 19.4. The molecule has 2 aliphatic heterocycles. The molecule has 3 heterocycles. The van der Waals surface area contributed by atoms with Crippen LogP contribution in [0.5, 0.6) is 0 Å². The summed E-state index contributed by atoms with van der Waals surface area (Å²) in [5.74, 6) is 0.128. The Kier molecular flexibility index (Phi) is 5.17. The number of carbonyl (C=O) groups excluding carboxylic acids is 3. The van der Waals surface area contributed by atoms with E-state index in [4.69, 9.17) is 11.6 Å². The third-order valence-electron chi connectivity index (χ3n) is 6.66. The lowest BCUT2D eigenvalue weighted by Crippen LogP contribution is -2.56. The van der Waals surface area contributed by atoms with Gasteiger partial charge in [-0.15, -0.1) is 11.3 Å². The third kappa shape index (κ3) is 3.86. The van der Waals surface area contributed by atoms with Crippen molar-refractivity contribution in [2.24, 2.45) is 11.8 Å². The lowest BCUT2D eigenvalue weighted by atomic mass is 10.0. The quantitative estimate of drug-likeness (QED) is 0.623. The Bertz CT molecular complexity index is 1060. The number of thiophene rings is 1. The molecule has 0 bridgehead atoms. The maximum Gasteiger partial charge on any atom is 0.262 e. The van der Waals surface area contributed by atoms with Crippen molar-refractivity contribution >= 4 is 46.3 Å². The molecule has 1 saturated heterocycles. The Hall–Kier alpha value is -2.58. The van der Waals surface area contributed by atoms with Crippen LogP contribution < -0.4 is 16.0 Å². The van der Waals surface area contributed by atoms with Gasteiger partial charge in [0.15, 0.2) is 0 Å². The standard InChI is InChI=1S/C23H25ClN4O3S/c1-23(2,27-20(29)17-7-8-18(24)32-17)22(31)26-19-13-10-28(11-14(13)19)21(30)16-9-12-5-3-4-6-15(12)25-16/h3-8,13-14,16,19,25H,9-11H2,1-2H3,(H,26,31)(H,27,29). The molecular formula is C23H25ClN4O3S. The Morgan fingerprint density at radius 2 is 1.84 bits per heavy atom. The summed E-state index contributed by atoms with van der Waals surface area (Å²) in [6.45, 7) is 4.69. The van der Waals surface area contributed by atoms with Crippen molar-refractivity contribution < 1.29 is 14.4 Å². The normalized spacial score (nSPS) is 25.5. The minimum Gasteiger partial charge on any atom is -0.373 e. The molecule has 1 aromatic carbocycles. The van der Waals surface area contributed by atoms with Crippen molar-refractivity contribution in [2.75, 3.05) is 18.4 Å². The summed E-state index contributed by atoms with van der Waals surface area (Å²) >= 11 is 7.07. The second-order valence-electron chi connectivity index (χ2n) is 9.31. The highest BCUT2D eigenvalue weighted by Crippen LogP contribution is 2.46. The van der Waals surface area contributed by atoms with Gasteiger partial charge in [0, 0.05) is 43.1 Å². The van der Waals surface area contributed by atoms with Gasteiger partial charge in [0.2, 0.25) is 11.8 Å². The molecule has 3 N–H and O–H groups in total. The van der Waals surface area contributed by atoms with E-state index in [9.17, 15) is 14.4 Å². The molecular weight excluding hydrogens is 448 g/mol. The zero-order chi connectivity index (χ0) is 22.6. The van der Waals surface area contributed by atoms with Gasteiger partial charge in [0.05, 0.1) is 9.21 Å². The Balaban J connectivity index is 1.12. The predicted molar refractivity (Wildman–Crippen MR) is 124 cm³/mol. The van der Waals surface area contributed by atoms with Gasteiger partial charge < -0.3 is 20.9 Å². The molecule has 2 fully saturated rings. The van der Waals surface area contributed by atoms with E-state index in [0.29, 0.717) is 28.7 Å². The predicted octanol–water partition coefficient (Wildman–Crippen LogP) is 2.52. The third-order valence-corrected chi connectivity index (χ3v) is 7.89. The van der Waals surface area contributed by atoms with E-state index in [2.05, 4.69) is 22.0 Å². The Labute approximate surface area is 195 Å². The maximum absolute atomic E-state index is 12.9. The molecule has 3 unspecified atom stereocenters. The fourth-order valence-corrected chi connectivity index (χ4v) is 5.70. The number of piperidine rings is 1. The van der Waals surface area contributed by atoms with E-state index in [0.717, 1.165) is 5.69 Å². The van der Waals surface area contributed by atoms with E-state index in [1.54, 1.807) is 26.0 Å². The Morgan fingerprint density at radius 1 is 1.12 bits per heavy atom. The van der Waals surface area contributed by atoms with Crippen LogP contribution in [0.4, 0.5) is 5.69 Å². The number of amides is 3.